The molecule has 0 spiro atoms. The zero-order valence-corrected chi connectivity index (χ0v) is 42.2. The van der Waals surface area contributed by atoms with Crippen LogP contribution in [0.15, 0.2) is 150 Å². The summed E-state index contributed by atoms with van der Waals surface area (Å²) in [6.07, 6.45) is 5.14. The van der Waals surface area contributed by atoms with Crippen molar-refractivity contribution >= 4 is 57.1 Å². The summed E-state index contributed by atoms with van der Waals surface area (Å²) in [5, 5.41) is 4.71. The number of fused-ring (bicyclic) bond motifs is 6. The Balaban J connectivity index is 0.000000232. The summed E-state index contributed by atoms with van der Waals surface area (Å²) in [4.78, 5) is 14.8. The van der Waals surface area contributed by atoms with Gasteiger partial charge >= 0.3 is 0 Å². The maximum atomic E-state index is 6.54. The van der Waals surface area contributed by atoms with Crippen molar-refractivity contribution in [2.24, 2.45) is 5.92 Å². The number of hydrogen-bond acceptors (Lipinski definition) is 4. The van der Waals surface area contributed by atoms with Crippen LogP contribution in [-0.4, -0.2) is 27.6 Å². The van der Waals surface area contributed by atoms with Crippen molar-refractivity contribution in [2.45, 2.75) is 79.4 Å². The Kier molecular flexibility index (Phi) is 13.2. The van der Waals surface area contributed by atoms with Crippen molar-refractivity contribution < 1.29 is 24.5 Å². The normalized spacial score (nSPS) is 11.8. The third kappa shape index (κ3) is 9.03. The van der Waals surface area contributed by atoms with Gasteiger partial charge in [-0.25, -0.2) is 0 Å². The molecule has 7 heteroatoms. The summed E-state index contributed by atoms with van der Waals surface area (Å²) in [6, 6.07) is 53.2. The van der Waals surface area contributed by atoms with Gasteiger partial charge in [-0.05, 0) is 81.6 Å². The molecule has 5 nitrogen and oxygen atoms in total. The summed E-state index contributed by atoms with van der Waals surface area (Å²) in [6.45, 7) is 20.9. The number of hydrogen-bond donors (Lipinski definition) is 0. The van der Waals surface area contributed by atoms with Crippen molar-refractivity contribution in [1.82, 2.24) is 19.5 Å². The largest absolute Gasteiger partial charge is 0.501 e. The van der Waals surface area contributed by atoms with Gasteiger partial charge < -0.3 is 14.0 Å². The van der Waals surface area contributed by atoms with Crippen molar-refractivity contribution in [1.29, 1.82) is 0 Å². The maximum absolute atomic E-state index is 6.54. The number of pyridine rings is 2. The van der Waals surface area contributed by atoms with Crippen molar-refractivity contribution in [3.05, 3.63) is 175 Å². The van der Waals surface area contributed by atoms with E-state index in [1.165, 1.54) is 38.7 Å². The van der Waals surface area contributed by atoms with Crippen LogP contribution >= 0.6 is 0 Å². The average Bonchev–Trinajstić information content (AvgIpc) is 3.88. The van der Waals surface area contributed by atoms with Crippen molar-refractivity contribution in [2.75, 3.05) is 0 Å². The number of rotatable bonds is 9. The van der Waals surface area contributed by atoms with E-state index in [2.05, 4.69) is 180 Å². The van der Waals surface area contributed by atoms with Crippen LogP contribution in [-0.2, 0) is 26.5 Å². The monoisotopic (exact) mass is 1050 g/mol. The topological polar surface area (TPSA) is 56.7 Å². The Morgan fingerprint density at radius 3 is 1.98 bits per heavy atom. The average molecular weight is 1050 g/mol. The van der Waals surface area contributed by atoms with Gasteiger partial charge in [-0.1, -0.05) is 150 Å². The van der Waals surface area contributed by atoms with E-state index in [1.807, 2.05) is 48.7 Å². The maximum Gasteiger partial charge on any atom is 0.120 e. The molecule has 0 amide bonds. The molecule has 329 valence electrons. The van der Waals surface area contributed by atoms with Gasteiger partial charge in [0.2, 0.25) is 0 Å². The van der Waals surface area contributed by atoms with Crippen LogP contribution in [0, 0.1) is 18.1 Å². The third-order valence-electron chi connectivity index (χ3n) is 12.1. The molecular weight excluding hydrogens is 989 g/mol. The number of para-hydroxylation sites is 2. The van der Waals surface area contributed by atoms with Gasteiger partial charge in [0.1, 0.15) is 5.58 Å². The molecule has 4 aromatic heterocycles. The van der Waals surface area contributed by atoms with Crippen LogP contribution in [0.2, 0.25) is 19.6 Å². The number of benzene rings is 6. The molecule has 65 heavy (non-hydrogen) atoms. The van der Waals surface area contributed by atoms with E-state index in [-0.39, 0.29) is 31.9 Å². The summed E-state index contributed by atoms with van der Waals surface area (Å²) < 4.78 is 8.92. The molecule has 0 saturated heterocycles. The molecule has 0 aliphatic carbocycles. The molecular formula is C58H56IrN4OSi-2. The fourth-order valence-electron chi connectivity index (χ4n) is 9.04. The SMILES string of the molecule is CC(C)Cc1cc(-c2[c-]cccc2)ncc1[Si](C)(C)C.CC(C)c1cc(-c2ccccc2)cc(C(C)C)c1-n1c(-c2[c-]ccc3c2oc2ccccc23)nc2cnc3ccccc3c21.[Ir]. The zero-order valence-electron chi connectivity index (χ0n) is 38.8. The molecule has 1 radical (unpaired) electrons. The van der Waals surface area contributed by atoms with Crippen LogP contribution in [0.3, 0.4) is 0 Å². The van der Waals surface area contributed by atoms with Gasteiger partial charge in [0.25, 0.3) is 0 Å². The Morgan fingerprint density at radius 1 is 0.631 bits per heavy atom. The number of imidazole rings is 1. The Labute approximate surface area is 398 Å². The Bertz CT molecular complexity index is 3240. The van der Waals surface area contributed by atoms with E-state index < -0.39 is 8.07 Å². The first kappa shape index (κ1) is 45.6. The van der Waals surface area contributed by atoms with Gasteiger partial charge in [-0.2, -0.15) is 0 Å². The Hall–Kier alpha value is -5.98. The third-order valence-corrected chi connectivity index (χ3v) is 14.2. The van der Waals surface area contributed by atoms with Crippen LogP contribution in [0.5, 0.6) is 0 Å². The summed E-state index contributed by atoms with van der Waals surface area (Å²) in [7, 11) is -1.34. The summed E-state index contributed by atoms with van der Waals surface area (Å²) >= 11 is 0. The standard InChI is InChI=1S/C40H32N3O.C18H24NSi.Ir/c1-24(2)32-21-27(26-13-6-5-7-14-26)22-33(25(3)4)37(32)43-38-30-16-8-10-19-34(30)41-23-35(38)42-40(43)31-18-12-17-29-28-15-9-11-20-36(28)44-39(29)31;1-14(2)11-16-12-17(15-9-7-6-8-10-15)19-13-18(16)20(3,4)5;/h5-17,19-25H,1-4H3;6-9,12-14H,11H2,1-5H3;/q2*-1;. The molecule has 10 aromatic rings. The summed E-state index contributed by atoms with van der Waals surface area (Å²) in [5.74, 6) is 1.99. The van der Waals surface area contributed by atoms with Gasteiger partial charge in [-0.3, -0.25) is 9.97 Å². The molecule has 6 aromatic carbocycles. The van der Waals surface area contributed by atoms with Gasteiger partial charge in [0.15, 0.2) is 0 Å². The van der Waals surface area contributed by atoms with Gasteiger partial charge in [0, 0.05) is 42.8 Å². The van der Waals surface area contributed by atoms with Gasteiger partial charge in [0.05, 0.1) is 42.2 Å². The van der Waals surface area contributed by atoms with E-state index in [9.17, 15) is 0 Å². The predicted molar refractivity (Wildman–Crippen MR) is 272 cm³/mol. The molecule has 0 atom stereocenters. The van der Waals surface area contributed by atoms with E-state index in [4.69, 9.17) is 14.4 Å². The quantitative estimate of drug-likeness (QED) is 0.107. The number of nitrogens with zero attached hydrogens (tertiary/aromatic N) is 4. The first-order valence-corrected chi connectivity index (χ1v) is 26.2. The number of aromatic nitrogens is 4. The van der Waals surface area contributed by atoms with E-state index in [1.54, 1.807) is 0 Å². The molecule has 0 N–H and O–H groups in total. The minimum atomic E-state index is -1.34. The molecule has 0 unspecified atom stereocenters. The summed E-state index contributed by atoms with van der Waals surface area (Å²) in [5.41, 5.74) is 15.1. The molecule has 0 bridgehead atoms. The second-order valence-corrected chi connectivity index (χ2v) is 24.0. The first-order valence-electron chi connectivity index (χ1n) is 22.7. The molecule has 0 aliphatic heterocycles. The second kappa shape index (κ2) is 18.9. The molecule has 0 aliphatic rings. The number of furan rings is 1. The van der Waals surface area contributed by atoms with Gasteiger partial charge in [-0.15, -0.1) is 54.1 Å². The van der Waals surface area contributed by atoms with Crippen molar-refractivity contribution in [3.8, 4) is 39.5 Å². The van der Waals surface area contributed by atoms with Crippen LogP contribution in [0.25, 0.3) is 83.3 Å². The van der Waals surface area contributed by atoms with E-state index in [0.717, 1.165) is 72.9 Å². The molecule has 0 fully saturated rings. The predicted octanol–water partition coefficient (Wildman–Crippen LogP) is 15.1. The van der Waals surface area contributed by atoms with Crippen LogP contribution in [0.1, 0.15) is 70.1 Å². The fourth-order valence-corrected chi connectivity index (χ4v) is 10.6. The van der Waals surface area contributed by atoms with Crippen LogP contribution < -0.4 is 5.19 Å². The first-order chi connectivity index (χ1) is 30.9. The second-order valence-electron chi connectivity index (χ2n) is 19.0. The van der Waals surface area contributed by atoms with E-state index >= 15 is 0 Å². The molecule has 10 rings (SSSR count). The minimum absolute atomic E-state index is 0. The smallest absolute Gasteiger partial charge is 0.120 e. The van der Waals surface area contributed by atoms with Crippen molar-refractivity contribution in [3.63, 3.8) is 0 Å². The molecule has 0 saturated carbocycles. The fraction of sp³-hybridized carbons (Fsp3) is 0.224. The van der Waals surface area contributed by atoms with E-state index in [0.29, 0.717) is 5.92 Å². The van der Waals surface area contributed by atoms with Crippen LogP contribution in [0.4, 0.5) is 0 Å². The minimum Gasteiger partial charge on any atom is -0.501 e. The molecule has 4 heterocycles. The zero-order chi connectivity index (χ0) is 44.7. The Morgan fingerprint density at radius 2 is 1.31 bits per heavy atom.